The molecule has 0 aliphatic heterocycles. The maximum absolute atomic E-state index is 12.5. The van der Waals surface area contributed by atoms with Crippen molar-refractivity contribution in [2.45, 2.75) is 25.8 Å². The van der Waals surface area contributed by atoms with Crippen LogP contribution in [0, 0.1) is 12.8 Å². The minimum absolute atomic E-state index is 0.0216. The van der Waals surface area contributed by atoms with Crippen LogP contribution in [0.25, 0.3) is 0 Å². The monoisotopic (exact) mass is 187 g/mol. The van der Waals surface area contributed by atoms with Crippen LogP contribution in [-0.4, -0.2) is 15.7 Å². The van der Waals surface area contributed by atoms with Crippen molar-refractivity contribution in [1.29, 1.82) is 0 Å². The quantitative estimate of drug-likeness (QED) is 0.761. The molecule has 1 unspecified atom stereocenters. The number of hydrogen-bond acceptors (Lipinski definition) is 2. The van der Waals surface area contributed by atoms with Gasteiger partial charge < -0.3 is 5.73 Å². The number of anilines is 1. The molecule has 0 amide bonds. The van der Waals surface area contributed by atoms with Gasteiger partial charge in [0.2, 0.25) is 0 Å². The third-order valence-corrected chi connectivity index (χ3v) is 2.35. The first-order valence-corrected chi connectivity index (χ1v) is 4.17. The lowest BCUT2D eigenvalue weighted by Gasteiger charge is -2.01. The molecule has 3 nitrogen and oxygen atoms in total. The van der Waals surface area contributed by atoms with Crippen LogP contribution in [0.2, 0.25) is 0 Å². The number of nitrogens with two attached hydrogens (primary N) is 1. The van der Waals surface area contributed by atoms with Crippen molar-refractivity contribution in [3.8, 4) is 0 Å². The first-order valence-electron chi connectivity index (χ1n) is 4.17. The number of alkyl halides is 2. The summed E-state index contributed by atoms with van der Waals surface area (Å²) in [7, 11) is 0. The average Bonchev–Trinajstić information content (AvgIpc) is 2.43. The lowest BCUT2D eigenvalue weighted by atomic mass is 10.4. The highest BCUT2D eigenvalue weighted by Gasteiger charge is 2.56. The Bertz CT molecular complexity index is 332. The van der Waals surface area contributed by atoms with Crippen LogP contribution in [0.1, 0.15) is 12.1 Å². The molecule has 5 heteroatoms. The van der Waals surface area contributed by atoms with E-state index in [0.717, 1.165) is 5.69 Å². The number of rotatable bonds is 2. The Balaban J connectivity index is 2.07. The summed E-state index contributed by atoms with van der Waals surface area (Å²) in [5, 5.41) is 3.92. The summed E-state index contributed by atoms with van der Waals surface area (Å²) in [6, 6.07) is 1.68. The second-order valence-corrected chi connectivity index (χ2v) is 3.55. The molecule has 1 aliphatic carbocycles. The van der Waals surface area contributed by atoms with Gasteiger partial charge in [0.15, 0.2) is 0 Å². The zero-order valence-electron chi connectivity index (χ0n) is 7.30. The maximum atomic E-state index is 12.5. The minimum Gasteiger partial charge on any atom is -0.382 e. The molecule has 1 aliphatic rings. The highest BCUT2D eigenvalue weighted by atomic mass is 19.3. The van der Waals surface area contributed by atoms with Crippen LogP contribution in [0.3, 0.4) is 0 Å². The molecule has 2 N–H and O–H groups in total. The van der Waals surface area contributed by atoms with Gasteiger partial charge in [-0.3, -0.25) is 4.68 Å². The lowest BCUT2D eigenvalue weighted by Crippen LogP contribution is -2.08. The second kappa shape index (κ2) is 2.43. The third kappa shape index (κ3) is 1.50. The molecule has 2 rings (SSSR count). The zero-order valence-corrected chi connectivity index (χ0v) is 7.30. The van der Waals surface area contributed by atoms with Crippen LogP contribution < -0.4 is 5.73 Å². The summed E-state index contributed by atoms with van der Waals surface area (Å²) in [6.07, 6.45) is -0.0216. The molecular formula is C8H11F2N3. The van der Waals surface area contributed by atoms with Crippen molar-refractivity contribution >= 4 is 5.82 Å². The lowest BCUT2D eigenvalue weighted by molar-refractivity contribution is 0.0941. The number of aromatic nitrogens is 2. The molecule has 1 heterocycles. The fourth-order valence-electron chi connectivity index (χ4n) is 1.40. The van der Waals surface area contributed by atoms with Crippen LogP contribution in [0.15, 0.2) is 6.07 Å². The van der Waals surface area contributed by atoms with Gasteiger partial charge in [0.1, 0.15) is 5.82 Å². The minimum atomic E-state index is -2.48. The summed E-state index contributed by atoms with van der Waals surface area (Å²) in [5.74, 6) is -2.64. The van der Waals surface area contributed by atoms with Gasteiger partial charge in [-0.1, -0.05) is 0 Å². The normalized spacial score (nSPS) is 24.7. The Hall–Kier alpha value is -1.13. The number of nitrogens with zero attached hydrogens (tertiary/aromatic N) is 2. The van der Waals surface area contributed by atoms with Gasteiger partial charge in [0, 0.05) is 24.1 Å². The maximum Gasteiger partial charge on any atom is 0.253 e. The Morgan fingerprint density at radius 1 is 1.77 bits per heavy atom. The van der Waals surface area contributed by atoms with Crippen molar-refractivity contribution in [3.05, 3.63) is 11.8 Å². The fourth-order valence-corrected chi connectivity index (χ4v) is 1.40. The van der Waals surface area contributed by atoms with Crippen molar-refractivity contribution in [3.63, 3.8) is 0 Å². The third-order valence-electron chi connectivity index (χ3n) is 2.35. The highest BCUT2D eigenvalue weighted by Crippen LogP contribution is 2.49. The fraction of sp³-hybridized carbons (Fsp3) is 0.625. The van der Waals surface area contributed by atoms with E-state index in [0.29, 0.717) is 5.82 Å². The molecule has 72 valence electrons. The van der Waals surface area contributed by atoms with E-state index in [2.05, 4.69) is 5.10 Å². The van der Waals surface area contributed by atoms with Gasteiger partial charge in [0.25, 0.3) is 5.92 Å². The molecule has 0 saturated heterocycles. The summed E-state index contributed by atoms with van der Waals surface area (Å²) in [5.41, 5.74) is 6.26. The SMILES string of the molecule is Cc1cc(N)nn1CC1CC1(F)F. The molecule has 0 radical (unpaired) electrons. The molecular weight excluding hydrogens is 176 g/mol. The summed E-state index contributed by atoms with van der Waals surface area (Å²) in [6.45, 7) is 2.08. The van der Waals surface area contributed by atoms with E-state index in [1.165, 1.54) is 0 Å². The van der Waals surface area contributed by atoms with E-state index in [4.69, 9.17) is 5.73 Å². The Kier molecular flexibility index (Phi) is 1.58. The first kappa shape index (κ1) is 8.47. The van der Waals surface area contributed by atoms with E-state index in [1.807, 2.05) is 6.92 Å². The van der Waals surface area contributed by atoms with E-state index < -0.39 is 11.8 Å². The average molecular weight is 187 g/mol. The Labute approximate surface area is 74.5 Å². The van der Waals surface area contributed by atoms with E-state index in [1.54, 1.807) is 10.7 Å². The zero-order chi connectivity index (χ0) is 9.64. The summed E-state index contributed by atoms with van der Waals surface area (Å²) in [4.78, 5) is 0. The van der Waals surface area contributed by atoms with Crippen molar-refractivity contribution in [2.75, 3.05) is 5.73 Å². The summed E-state index contributed by atoms with van der Waals surface area (Å²) < 4.78 is 26.6. The largest absolute Gasteiger partial charge is 0.382 e. The predicted octanol–water partition coefficient (Wildman–Crippen LogP) is 1.43. The van der Waals surface area contributed by atoms with Crippen LogP contribution >= 0.6 is 0 Å². The summed E-state index contributed by atoms with van der Waals surface area (Å²) >= 11 is 0. The molecule has 0 bridgehead atoms. The first-order chi connectivity index (χ1) is 5.99. The highest BCUT2D eigenvalue weighted by molar-refractivity contribution is 5.28. The van der Waals surface area contributed by atoms with Gasteiger partial charge in [-0.2, -0.15) is 5.10 Å². The van der Waals surface area contributed by atoms with E-state index >= 15 is 0 Å². The van der Waals surface area contributed by atoms with E-state index in [-0.39, 0.29) is 13.0 Å². The Morgan fingerprint density at radius 3 is 2.77 bits per heavy atom. The topological polar surface area (TPSA) is 43.8 Å². The molecule has 0 aromatic carbocycles. The molecule has 1 fully saturated rings. The van der Waals surface area contributed by atoms with Gasteiger partial charge in [0.05, 0.1) is 6.54 Å². The second-order valence-electron chi connectivity index (χ2n) is 3.55. The predicted molar refractivity (Wildman–Crippen MR) is 44.4 cm³/mol. The van der Waals surface area contributed by atoms with Crippen molar-refractivity contribution in [1.82, 2.24) is 9.78 Å². The smallest absolute Gasteiger partial charge is 0.253 e. The Morgan fingerprint density at radius 2 is 2.38 bits per heavy atom. The number of hydrogen-bond donors (Lipinski definition) is 1. The van der Waals surface area contributed by atoms with Crippen LogP contribution in [-0.2, 0) is 6.54 Å². The molecule has 1 saturated carbocycles. The standard InChI is InChI=1S/C8H11F2N3/c1-5-2-7(11)12-13(5)4-6-3-8(6,9)10/h2,6H,3-4H2,1H3,(H2,11,12). The van der Waals surface area contributed by atoms with Gasteiger partial charge >= 0.3 is 0 Å². The number of nitrogen functional groups attached to an aromatic ring is 1. The van der Waals surface area contributed by atoms with Gasteiger partial charge in [-0.15, -0.1) is 0 Å². The molecule has 1 atom stereocenters. The van der Waals surface area contributed by atoms with Gasteiger partial charge in [-0.05, 0) is 6.92 Å². The molecule has 0 spiro atoms. The van der Waals surface area contributed by atoms with Crippen LogP contribution in [0.5, 0.6) is 0 Å². The van der Waals surface area contributed by atoms with Crippen molar-refractivity contribution in [2.24, 2.45) is 5.92 Å². The van der Waals surface area contributed by atoms with E-state index in [9.17, 15) is 8.78 Å². The number of halogens is 2. The van der Waals surface area contributed by atoms with Crippen LogP contribution in [0.4, 0.5) is 14.6 Å². The molecule has 1 aromatic rings. The van der Waals surface area contributed by atoms with Gasteiger partial charge in [-0.25, -0.2) is 8.78 Å². The van der Waals surface area contributed by atoms with Crippen molar-refractivity contribution < 1.29 is 8.78 Å². The number of aryl methyl sites for hydroxylation is 1. The molecule has 13 heavy (non-hydrogen) atoms. The molecule has 1 aromatic heterocycles.